The quantitative estimate of drug-likeness (QED) is 0.500. The largest absolute Gasteiger partial charge is 0.449 e. The summed E-state index contributed by atoms with van der Waals surface area (Å²) in [6, 6.07) is 4.86. The third-order valence-corrected chi connectivity index (χ3v) is 3.18. The number of nitrogens with one attached hydrogen (secondary N) is 1. The number of carbonyl (C=O) groups is 1. The van der Waals surface area contributed by atoms with E-state index in [1.807, 2.05) is 0 Å². The van der Waals surface area contributed by atoms with Crippen molar-refractivity contribution >= 4 is 40.1 Å². The highest BCUT2D eigenvalue weighted by Crippen LogP contribution is 2.17. The molecule has 1 aromatic carbocycles. The van der Waals surface area contributed by atoms with Crippen molar-refractivity contribution in [1.82, 2.24) is 9.66 Å². The summed E-state index contributed by atoms with van der Waals surface area (Å²) in [5, 5.41) is 0.288. The van der Waals surface area contributed by atoms with Gasteiger partial charge in [-0.15, -0.1) is 11.6 Å². The van der Waals surface area contributed by atoms with Gasteiger partial charge in [0.15, 0.2) is 0 Å². The molecular formula is C14H16ClN5O3. The molecule has 0 saturated carbocycles. The topological polar surface area (TPSA) is 112 Å². The standard InChI is InChI=1S/C14H16ClN5O3/c1-3-23-14(22)19-20-8(2)17-11-5-4-9(18-12(16)7-15)6-10(11)13(20)21/h4-6H,3,7H2,1-2H3,(H2,16,18)(H,19,22). The van der Waals surface area contributed by atoms with Crippen molar-refractivity contribution in [2.75, 3.05) is 17.9 Å². The Morgan fingerprint density at radius 3 is 2.91 bits per heavy atom. The number of amidine groups is 1. The number of aromatic nitrogens is 2. The number of nitrogens with zero attached hydrogens (tertiary/aromatic N) is 3. The van der Waals surface area contributed by atoms with E-state index in [1.165, 1.54) is 6.07 Å². The minimum Gasteiger partial charge on any atom is -0.449 e. The van der Waals surface area contributed by atoms with Gasteiger partial charge in [0.05, 0.1) is 29.1 Å². The van der Waals surface area contributed by atoms with Gasteiger partial charge in [-0.05, 0) is 32.0 Å². The Morgan fingerprint density at radius 2 is 2.26 bits per heavy atom. The summed E-state index contributed by atoms with van der Waals surface area (Å²) in [6.45, 7) is 3.46. The van der Waals surface area contributed by atoms with E-state index in [1.54, 1.807) is 26.0 Å². The second-order valence-electron chi connectivity index (χ2n) is 4.57. The van der Waals surface area contributed by atoms with E-state index in [0.29, 0.717) is 17.0 Å². The van der Waals surface area contributed by atoms with Gasteiger partial charge in [-0.25, -0.2) is 20.2 Å². The Bertz CT molecular complexity index is 831. The molecule has 0 saturated heterocycles. The van der Waals surface area contributed by atoms with Gasteiger partial charge >= 0.3 is 6.09 Å². The van der Waals surface area contributed by atoms with Crippen molar-refractivity contribution in [2.24, 2.45) is 10.7 Å². The lowest BCUT2D eigenvalue weighted by atomic mass is 10.2. The Morgan fingerprint density at radius 1 is 1.52 bits per heavy atom. The second-order valence-corrected chi connectivity index (χ2v) is 4.84. The van der Waals surface area contributed by atoms with Crippen LogP contribution in [0.25, 0.3) is 10.9 Å². The van der Waals surface area contributed by atoms with E-state index in [2.05, 4.69) is 15.4 Å². The number of nitrogens with two attached hydrogens (primary N) is 1. The zero-order chi connectivity index (χ0) is 17.0. The molecule has 8 nitrogen and oxygen atoms in total. The van der Waals surface area contributed by atoms with Crippen LogP contribution in [0.15, 0.2) is 28.0 Å². The summed E-state index contributed by atoms with van der Waals surface area (Å²) in [4.78, 5) is 32.4. The molecule has 0 radical (unpaired) electrons. The number of ether oxygens (including phenoxy) is 1. The monoisotopic (exact) mass is 337 g/mol. The van der Waals surface area contributed by atoms with E-state index in [4.69, 9.17) is 22.1 Å². The van der Waals surface area contributed by atoms with Gasteiger partial charge in [-0.2, -0.15) is 4.68 Å². The fraction of sp³-hybridized carbons (Fsp3) is 0.286. The van der Waals surface area contributed by atoms with Crippen LogP contribution in [0.4, 0.5) is 10.5 Å². The lowest BCUT2D eigenvalue weighted by Gasteiger charge is -2.11. The third kappa shape index (κ3) is 3.78. The second kappa shape index (κ2) is 7.10. The maximum atomic E-state index is 12.5. The number of hydrogen-bond donors (Lipinski definition) is 2. The number of halogens is 1. The lowest BCUT2D eigenvalue weighted by Crippen LogP contribution is -2.35. The van der Waals surface area contributed by atoms with Gasteiger partial charge in [0.1, 0.15) is 11.7 Å². The lowest BCUT2D eigenvalue weighted by molar-refractivity contribution is 0.164. The van der Waals surface area contributed by atoms with Gasteiger partial charge in [-0.1, -0.05) is 0 Å². The average Bonchev–Trinajstić information content (AvgIpc) is 2.52. The number of aliphatic imine (C=N–C) groups is 1. The molecule has 2 rings (SSSR count). The molecule has 0 unspecified atom stereocenters. The normalized spacial score (nSPS) is 11.5. The highest BCUT2D eigenvalue weighted by atomic mass is 35.5. The highest BCUT2D eigenvalue weighted by Gasteiger charge is 2.11. The molecule has 0 aliphatic rings. The Hall–Kier alpha value is -2.61. The molecule has 3 N–H and O–H groups in total. The molecule has 1 amide bonds. The van der Waals surface area contributed by atoms with Gasteiger partial charge in [0.2, 0.25) is 0 Å². The van der Waals surface area contributed by atoms with Crippen LogP contribution in [0.5, 0.6) is 0 Å². The molecule has 0 spiro atoms. The number of hydrogen-bond acceptors (Lipinski definition) is 5. The molecule has 0 aliphatic heterocycles. The summed E-state index contributed by atoms with van der Waals surface area (Å²) in [5.74, 6) is 0.641. The van der Waals surface area contributed by atoms with Crippen molar-refractivity contribution in [2.45, 2.75) is 13.8 Å². The molecule has 2 aromatic rings. The van der Waals surface area contributed by atoms with Crippen LogP contribution in [0.1, 0.15) is 12.7 Å². The number of aryl methyl sites for hydroxylation is 1. The van der Waals surface area contributed by atoms with Crippen molar-refractivity contribution in [3.63, 3.8) is 0 Å². The van der Waals surface area contributed by atoms with Crippen molar-refractivity contribution < 1.29 is 9.53 Å². The number of fused-ring (bicyclic) bond motifs is 1. The molecule has 122 valence electrons. The minimum absolute atomic E-state index is 0.0822. The van der Waals surface area contributed by atoms with Crippen LogP contribution < -0.4 is 16.7 Å². The minimum atomic E-state index is -0.737. The Labute approximate surface area is 136 Å². The van der Waals surface area contributed by atoms with E-state index in [9.17, 15) is 9.59 Å². The fourth-order valence-electron chi connectivity index (χ4n) is 1.94. The summed E-state index contributed by atoms with van der Waals surface area (Å²) >= 11 is 5.59. The maximum Gasteiger partial charge on any atom is 0.426 e. The van der Waals surface area contributed by atoms with Gasteiger partial charge in [0, 0.05) is 0 Å². The van der Waals surface area contributed by atoms with E-state index < -0.39 is 11.7 Å². The molecule has 0 fully saturated rings. The van der Waals surface area contributed by atoms with E-state index in [-0.39, 0.29) is 23.7 Å². The zero-order valence-electron chi connectivity index (χ0n) is 12.7. The molecule has 0 aliphatic carbocycles. The predicted octanol–water partition coefficient (Wildman–Crippen LogP) is 1.63. The number of benzene rings is 1. The van der Waals surface area contributed by atoms with Crippen molar-refractivity contribution in [3.05, 3.63) is 34.4 Å². The maximum absolute atomic E-state index is 12.5. The summed E-state index contributed by atoms with van der Waals surface area (Å²) in [6.07, 6.45) is -0.737. The number of rotatable bonds is 4. The summed E-state index contributed by atoms with van der Waals surface area (Å²) in [5.41, 5.74) is 8.44. The molecule has 1 aromatic heterocycles. The van der Waals surface area contributed by atoms with Gasteiger partial charge in [0.25, 0.3) is 5.56 Å². The number of carbonyl (C=O) groups excluding carboxylic acids is 1. The molecule has 1 heterocycles. The van der Waals surface area contributed by atoms with Crippen molar-refractivity contribution in [1.29, 1.82) is 0 Å². The zero-order valence-corrected chi connectivity index (χ0v) is 13.4. The van der Waals surface area contributed by atoms with E-state index >= 15 is 0 Å². The SMILES string of the molecule is CCOC(=O)Nn1c(C)nc2ccc(N=C(N)CCl)cc2c1=O. The molecule has 0 atom stereocenters. The number of amides is 1. The Kier molecular flexibility index (Phi) is 5.17. The highest BCUT2D eigenvalue weighted by molar-refractivity contribution is 6.28. The molecular weight excluding hydrogens is 322 g/mol. The molecule has 0 bridgehead atoms. The first-order chi connectivity index (χ1) is 11.0. The fourth-order valence-corrected chi connectivity index (χ4v) is 2.00. The molecule has 9 heteroatoms. The molecule has 23 heavy (non-hydrogen) atoms. The first kappa shape index (κ1) is 16.8. The first-order valence-corrected chi connectivity index (χ1v) is 7.36. The predicted molar refractivity (Wildman–Crippen MR) is 89.1 cm³/mol. The van der Waals surface area contributed by atoms with Crippen LogP contribution in [0, 0.1) is 6.92 Å². The van der Waals surface area contributed by atoms with Crippen LogP contribution in [0.3, 0.4) is 0 Å². The smallest absolute Gasteiger partial charge is 0.426 e. The van der Waals surface area contributed by atoms with E-state index in [0.717, 1.165) is 4.68 Å². The summed E-state index contributed by atoms with van der Waals surface area (Å²) in [7, 11) is 0. The number of alkyl halides is 1. The van der Waals surface area contributed by atoms with Gasteiger partial charge in [-0.3, -0.25) is 4.79 Å². The third-order valence-electron chi connectivity index (χ3n) is 2.91. The van der Waals surface area contributed by atoms with Gasteiger partial charge < -0.3 is 10.5 Å². The first-order valence-electron chi connectivity index (χ1n) is 6.82. The van der Waals surface area contributed by atoms with Crippen LogP contribution in [0.2, 0.25) is 0 Å². The van der Waals surface area contributed by atoms with Crippen LogP contribution >= 0.6 is 11.6 Å². The Balaban J connectivity index is 2.54. The van der Waals surface area contributed by atoms with Crippen LogP contribution in [-0.4, -0.2) is 34.1 Å². The summed E-state index contributed by atoms with van der Waals surface area (Å²) < 4.78 is 5.79. The average molecular weight is 338 g/mol. The van der Waals surface area contributed by atoms with Crippen LogP contribution in [-0.2, 0) is 4.74 Å². The van der Waals surface area contributed by atoms with Crippen molar-refractivity contribution in [3.8, 4) is 0 Å².